The van der Waals surface area contributed by atoms with Gasteiger partial charge in [-0.1, -0.05) is 30.3 Å². The highest BCUT2D eigenvalue weighted by Crippen LogP contribution is 2.28. The number of hydrogen-bond acceptors (Lipinski definition) is 6. The normalized spacial score (nSPS) is 25.0. The first-order chi connectivity index (χ1) is 13.0. The first-order valence-electron chi connectivity index (χ1n) is 8.76. The smallest absolute Gasteiger partial charge is 0.146 e. The van der Waals surface area contributed by atoms with Crippen LogP contribution in [-0.4, -0.2) is 58.6 Å². The molecule has 0 saturated carbocycles. The van der Waals surface area contributed by atoms with E-state index in [1.165, 1.54) is 6.08 Å². The zero-order valence-corrected chi connectivity index (χ0v) is 15.0. The average Bonchev–Trinajstić information content (AvgIpc) is 2.70. The van der Waals surface area contributed by atoms with Gasteiger partial charge in [-0.3, -0.25) is 0 Å². The third-order valence-electron chi connectivity index (χ3n) is 4.74. The molecule has 0 bridgehead atoms. The van der Waals surface area contributed by atoms with E-state index in [0.717, 1.165) is 16.9 Å². The number of benzene rings is 2. The van der Waals surface area contributed by atoms with E-state index in [9.17, 15) is 20.4 Å². The second-order valence-electron chi connectivity index (χ2n) is 6.54. The molecule has 1 aliphatic rings. The van der Waals surface area contributed by atoms with Crippen molar-refractivity contribution in [2.45, 2.75) is 30.8 Å². The average molecular weight is 372 g/mol. The number of hydrogen-bond donors (Lipinski definition) is 4. The Bertz CT molecular complexity index is 786. The van der Waals surface area contributed by atoms with E-state index in [1.807, 2.05) is 42.5 Å². The maximum absolute atomic E-state index is 10.2. The van der Waals surface area contributed by atoms with Gasteiger partial charge in [-0.05, 0) is 41.0 Å². The maximum atomic E-state index is 10.2. The molecule has 2 aromatic carbocycles. The number of para-hydroxylation sites is 1. The van der Waals surface area contributed by atoms with E-state index in [2.05, 4.69) is 0 Å². The molecular weight excluding hydrogens is 348 g/mol. The van der Waals surface area contributed by atoms with Crippen LogP contribution in [0.2, 0.25) is 0 Å². The SMILES string of the molecule is COc1ccc(Cc2ccccc2OC2C=C(CO)[C@@H](O)C(O)[C@H]2O)cc1. The van der Waals surface area contributed by atoms with E-state index < -0.39 is 31.0 Å². The zero-order valence-electron chi connectivity index (χ0n) is 15.0. The lowest BCUT2D eigenvalue weighted by molar-refractivity contribution is -0.0890. The third-order valence-corrected chi connectivity index (χ3v) is 4.74. The molecule has 0 spiro atoms. The summed E-state index contributed by atoms with van der Waals surface area (Å²) in [5, 5.41) is 39.5. The highest BCUT2D eigenvalue weighted by Gasteiger charge is 2.38. The zero-order chi connectivity index (χ0) is 19.4. The topological polar surface area (TPSA) is 99.4 Å². The summed E-state index contributed by atoms with van der Waals surface area (Å²) in [5.74, 6) is 1.34. The molecule has 6 heteroatoms. The van der Waals surface area contributed by atoms with Crippen molar-refractivity contribution in [3.63, 3.8) is 0 Å². The van der Waals surface area contributed by atoms with E-state index in [-0.39, 0.29) is 5.57 Å². The molecule has 27 heavy (non-hydrogen) atoms. The lowest BCUT2D eigenvalue weighted by atomic mass is 9.89. The van der Waals surface area contributed by atoms with Gasteiger partial charge in [-0.25, -0.2) is 0 Å². The molecule has 0 saturated heterocycles. The van der Waals surface area contributed by atoms with Crippen molar-refractivity contribution < 1.29 is 29.9 Å². The molecule has 0 heterocycles. The molecule has 0 radical (unpaired) electrons. The summed E-state index contributed by atoms with van der Waals surface area (Å²) in [6.45, 7) is -0.418. The van der Waals surface area contributed by atoms with Crippen molar-refractivity contribution in [3.05, 3.63) is 71.3 Å². The summed E-state index contributed by atoms with van der Waals surface area (Å²) in [5.41, 5.74) is 2.21. The minimum Gasteiger partial charge on any atom is -0.497 e. The predicted octanol–water partition coefficient (Wildman–Crippen LogP) is 1.05. The molecule has 4 N–H and O–H groups in total. The monoisotopic (exact) mass is 372 g/mol. The van der Waals surface area contributed by atoms with Crippen molar-refractivity contribution >= 4 is 0 Å². The summed E-state index contributed by atoms with van der Waals surface area (Å²) in [6.07, 6.45) is -2.82. The van der Waals surface area contributed by atoms with Crippen LogP contribution in [0.4, 0.5) is 0 Å². The van der Waals surface area contributed by atoms with Crippen molar-refractivity contribution in [1.82, 2.24) is 0 Å². The fourth-order valence-electron chi connectivity index (χ4n) is 3.13. The molecule has 1 aliphatic carbocycles. The van der Waals surface area contributed by atoms with E-state index in [1.54, 1.807) is 13.2 Å². The Kier molecular flexibility index (Phi) is 6.13. The van der Waals surface area contributed by atoms with Crippen molar-refractivity contribution in [1.29, 1.82) is 0 Å². The fraction of sp³-hybridized carbons (Fsp3) is 0.333. The number of methoxy groups -OCH3 is 1. The van der Waals surface area contributed by atoms with Crippen LogP contribution in [0.25, 0.3) is 0 Å². The predicted molar refractivity (Wildman–Crippen MR) is 99.8 cm³/mol. The highest BCUT2D eigenvalue weighted by atomic mass is 16.5. The first-order valence-corrected chi connectivity index (χ1v) is 8.76. The maximum Gasteiger partial charge on any atom is 0.146 e. The second-order valence-corrected chi connectivity index (χ2v) is 6.54. The lowest BCUT2D eigenvalue weighted by Crippen LogP contribution is -2.51. The molecule has 0 amide bonds. The minimum atomic E-state index is -1.42. The van der Waals surface area contributed by atoms with Crippen LogP contribution in [0, 0.1) is 0 Å². The van der Waals surface area contributed by atoms with Crippen LogP contribution >= 0.6 is 0 Å². The largest absolute Gasteiger partial charge is 0.497 e. The molecule has 4 atom stereocenters. The molecular formula is C21H24O6. The Hall–Kier alpha value is -2.38. The van der Waals surface area contributed by atoms with Gasteiger partial charge in [0, 0.05) is 6.42 Å². The van der Waals surface area contributed by atoms with Crippen LogP contribution < -0.4 is 9.47 Å². The summed E-state index contributed by atoms with van der Waals surface area (Å²) in [4.78, 5) is 0. The first kappa shape index (κ1) is 19.4. The molecule has 6 nitrogen and oxygen atoms in total. The molecule has 0 aromatic heterocycles. The van der Waals surface area contributed by atoms with Crippen LogP contribution in [0.15, 0.2) is 60.2 Å². The van der Waals surface area contributed by atoms with E-state index in [0.29, 0.717) is 12.2 Å². The van der Waals surface area contributed by atoms with Crippen LogP contribution in [0.5, 0.6) is 11.5 Å². The fourth-order valence-corrected chi connectivity index (χ4v) is 3.13. The van der Waals surface area contributed by atoms with Gasteiger partial charge >= 0.3 is 0 Å². The molecule has 2 unspecified atom stereocenters. The van der Waals surface area contributed by atoms with E-state index in [4.69, 9.17) is 9.47 Å². The highest BCUT2D eigenvalue weighted by molar-refractivity contribution is 5.39. The number of rotatable bonds is 6. The summed E-state index contributed by atoms with van der Waals surface area (Å²) in [7, 11) is 1.62. The van der Waals surface area contributed by atoms with E-state index >= 15 is 0 Å². The summed E-state index contributed by atoms with van der Waals surface area (Å²) in [6, 6.07) is 15.1. The molecule has 0 aliphatic heterocycles. The molecule has 2 aromatic rings. The van der Waals surface area contributed by atoms with Crippen LogP contribution in [0.3, 0.4) is 0 Å². The third kappa shape index (κ3) is 4.31. The van der Waals surface area contributed by atoms with Crippen molar-refractivity contribution in [3.8, 4) is 11.5 Å². The van der Waals surface area contributed by atoms with Gasteiger partial charge in [0.1, 0.15) is 35.9 Å². The Morgan fingerprint density at radius 2 is 1.63 bits per heavy atom. The van der Waals surface area contributed by atoms with Crippen LogP contribution in [-0.2, 0) is 6.42 Å². The number of aliphatic hydroxyl groups is 4. The quantitative estimate of drug-likeness (QED) is 0.566. The van der Waals surface area contributed by atoms with Gasteiger partial charge in [-0.2, -0.15) is 0 Å². The van der Waals surface area contributed by atoms with Gasteiger partial charge in [-0.15, -0.1) is 0 Å². The lowest BCUT2D eigenvalue weighted by Gasteiger charge is -2.34. The molecule has 3 rings (SSSR count). The minimum absolute atomic E-state index is 0.227. The Labute approximate surface area is 157 Å². The molecule has 144 valence electrons. The van der Waals surface area contributed by atoms with Crippen LogP contribution in [0.1, 0.15) is 11.1 Å². The van der Waals surface area contributed by atoms with Gasteiger partial charge in [0.15, 0.2) is 0 Å². The Morgan fingerprint density at radius 3 is 2.30 bits per heavy atom. The molecule has 0 fully saturated rings. The van der Waals surface area contributed by atoms with Crippen molar-refractivity contribution in [2.75, 3.05) is 13.7 Å². The van der Waals surface area contributed by atoms with Gasteiger partial charge < -0.3 is 29.9 Å². The Morgan fingerprint density at radius 1 is 0.926 bits per heavy atom. The summed E-state index contributed by atoms with van der Waals surface area (Å²) >= 11 is 0. The number of aliphatic hydroxyl groups excluding tert-OH is 4. The second kappa shape index (κ2) is 8.54. The number of ether oxygens (including phenoxy) is 2. The van der Waals surface area contributed by atoms with Crippen molar-refractivity contribution in [2.24, 2.45) is 0 Å². The van der Waals surface area contributed by atoms with Gasteiger partial charge in [0.2, 0.25) is 0 Å². The summed E-state index contributed by atoms with van der Waals surface area (Å²) < 4.78 is 11.1. The van der Waals surface area contributed by atoms with Gasteiger partial charge in [0.25, 0.3) is 0 Å². The standard InChI is InChI=1S/C21H24O6/c1-26-16-8-6-13(7-9-16)10-14-4-2-3-5-17(14)27-18-11-15(12-22)19(23)21(25)20(18)24/h2-9,11,18-25H,10,12H2,1H3/t18?,19-,20+,21?/m1/s1. The Balaban J connectivity index is 1.82. The van der Waals surface area contributed by atoms with Gasteiger partial charge in [0.05, 0.1) is 13.7 Å².